The number of unbranched alkanes of at least 4 members (excludes halogenated alkanes) is 3. The van der Waals surface area contributed by atoms with Gasteiger partial charge in [-0.25, -0.2) is 0 Å². The third kappa shape index (κ3) is 6.62. The summed E-state index contributed by atoms with van der Waals surface area (Å²) in [5.74, 6) is -0.874. The number of nitrogens with two attached hydrogens (primary N) is 1. The summed E-state index contributed by atoms with van der Waals surface area (Å²) in [6.45, 7) is 9.32. The SMILES string of the molecule is CCCCCCC1COC(C(O)C(C)(O)C2CCC3(O)C4=CC(=O)C5CC(O)C(O)CC5(CCC5=CNC(N)C=C5)C4C(CNC)CC23C)C1C. The van der Waals surface area contributed by atoms with Crippen LogP contribution in [0, 0.1) is 46.3 Å². The topological polar surface area (TPSA) is 178 Å². The van der Waals surface area contributed by atoms with Gasteiger partial charge in [-0.3, -0.25) is 4.79 Å². The maximum absolute atomic E-state index is 14.3. The molecular weight excluding hydrogens is 646 g/mol. The van der Waals surface area contributed by atoms with Crippen molar-refractivity contribution in [2.24, 2.45) is 52.1 Å². The van der Waals surface area contributed by atoms with Gasteiger partial charge in [0.1, 0.15) is 6.10 Å². The molecule has 288 valence electrons. The Kier molecular flexibility index (Phi) is 11.4. The van der Waals surface area contributed by atoms with E-state index in [1.54, 1.807) is 13.0 Å². The molecular formula is C41H67N3O7. The van der Waals surface area contributed by atoms with Crippen molar-refractivity contribution in [3.63, 3.8) is 0 Å². The van der Waals surface area contributed by atoms with E-state index in [0.29, 0.717) is 56.7 Å². The Morgan fingerprint density at radius 2 is 1.94 bits per heavy atom. The second-order valence-electron chi connectivity index (χ2n) is 17.9. The van der Waals surface area contributed by atoms with Crippen molar-refractivity contribution in [1.82, 2.24) is 10.6 Å². The molecule has 6 aliphatic rings. The maximum Gasteiger partial charge on any atom is 0.159 e. The summed E-state index contributed by atoms with van der Waals surface area (Å²) in [5.41, 5.74) is 3.29. The van der Waals surface area contributed by atoms with Gasteiger partial charge in [0.15, 0.2) is 5.78 Å². The van der Waals surface area contributed by atoms with Crippen LogP contribution in [0.5, 0.6) is 0 Å². The van der Waals surface area contributed by atoms with E-state index in [9.17, 15) is 30.3 Å². The van der Waals surface area contributed by atoms with Crippen LogP contribution in [-0.2, 0) is 9.53 Å². The molecule has 51 heavy (non-hydrogen) atoms. The molecule has 0 aromatic carbocycles. The highest BCUT2D eigenvalue weighted by molar-refractivity contribution is 5.95. The van der Waals surface area contributed by atoms with Crippen LogP contribution in [0.25, 0.3) is 0 Å². The normalized spacial score (nSPS) is 45.2. The number of hydrogen-bond donors (Lipinski definition) is 8. The molecule has 0 radical (unpaired) electrons. The van der Waals surface area contributed by atoms with Crippen LogP contribution in [-0.4, -0.2) is 93.3 Å². The molecule has 0 aromatic heterocycles. The van der Waals surface area contributed by atoms with Crippen molar-refractivity contribution >= 4 is 5.78 Å². The fourth-order valence-corrected chi connectivity index (χ4v) is 12.3. The minimum atomic E-state index is -1.55. The molecule has 0 bridgehead atoms. The highest BCUT2D eigenvalue weighted by Crippen LogP contribution is 2.71. The Balaban J connectivity index is 1.33. The number of aliphatic hydroxyl groups is 5. The molecule has 15 atom stereocenters. The third-order valence-electron chi connectivity index (χ3n) is 15.1. The van der Waals surface area contributed by atoms with Gasteiger partial charge >= 0.3 is 0 Å². The lowest BCUT2D eigenvalue weighted by molar-refractivity contribution is -0.203. The van der Waals surface area contributed by atoms with E-state index in [-0.39, 0.29) is 42.5 Å². The molecule has 0 amide bonds. The monoisotopic (exact) mass is 713 g/mol. The van der Waals surface area contributed by atoms with Gasteiger partial charge in [0.2, 0.25) is 0 Å². The average molecular weight is 714 g/mol. The molecule has 1 saturated heterocycles. The van der Waals surface area contributed by atoms with E-state index in [1.807, 2.05) is 25.4 Å². The minimum absolute atomic E-state index is 0.0327. The highest BCUT2D eigenvalue weighted by atomic mass is 16.5. The van der Waals surface area contributed by atoms with Crippen molar-refractivity contribution in [2.45, 2.75) is 147 Å². The molecule has 3 saturated carbocycles. The summed E-state index contributed by atoms with van der Waals surface area (Å²) in [6, 6.07) is 0. The van der Waals surface area contributed by atoms with E-state index in [4.69, 9.17) is 10.5 Å². The molecule has 10 heteroatoms. The number of ketones is 1. The number of fused-ring (bicyclic) bond motifs is 5. The molecule has 0 spiro atoms. The van der Waals surface area contributed by atoms with Gasteiger partial charge in [-0.05, 0) is 130 Å². The number of nitrogens with one attached hydrogen (secondary N) is 2. The Hall–Kier alpha value is -1.63. The maximum atomic E-state index is 14.3. The van der Waals surface area contributed by atoms with Gasteiger partial charge in [-0.15, -0.1) is 0 Å². The van der Waals surface area contributed by atoms with Crippen LogP contribution in [0.4, 0.5) is 0 Å². The van der Waals surface area contributed by atoms with Crippen LogP contribution in [0.1, 0.15) is 105 Å². The summed E-state index contributed by atoms with van der Waals surface area (Å²) >= 11 is 0. The average Bonchev–Trinajstić information content (AvgIpc) is 3.59. The van der Waals surface area contributed by atoms with Gasteiger partial charge in [0, 0.05) is 17.5 Å². The first-order valence-corrected chi connectivity index (χ1v) is 20.0. The molecule has 2 aliphatic heterocycles. The number of dihydropyridines is 1. The first kappa shape index (κ1) is 39.1. The van der Waals surface area contributed by atoms with E-state index in [0.717, 1.165) is 18.4 Å². The van der Waals surface area contributed by atoms with Crippen molar-refractivity contribution in [2.75, 3.05) is 20.2 Å². The number of aliphatic hydroxyl groups excluding tert-OH is 3. The van der Waals surface area contributed by atoms with E-state index < -0.39 is 58.3 Å². The van der Waals surface area contributed by atoms with Crippen LogP contribution in [0.15, 0.2) is 35.6 Å². The second kappa shape index (κ2) is 14.9. The van der Waals surface area contributed by atoms with E-state index in [2.05, 4.69) is 31.4 Å². The first-order valence-electron chi connectivity index (χ1n) is 20.0. The zero-order chi connectivity index (χ0) is 36.9. The summed E-state index contributed by atoms with van der Waals surface area (Å²) in [4.78, 5) is 14.3. The van der Waals surface area contributed by atoms with Crippen molar-refractivity contribution in [3.8, 4) is 0 Å². The third-order valence-corrected chi connectivity index (χ3v) is 15.1. The molecule has 15 unspecified atom stereocenters. The smallest absolute Gasteiger partial charge is 0.159 e. The predicted octanol–water partition coefficient (Wildman–Crippen LogP) is 3.46. The second-order valence-corrected chi connectivity index (χ2v) is 17.9. The fraction of sp³-hybridized carbons (Fsp3) is 0.829. The molecule has 4 aliphatic carbocycles. The number of rotatable bonds is 13. The van der Waals surface area contributed by atoms with Crippen LogP contribution < -0.4 is 16.4 Å². The summed E-state index contributed by atoms with van der Waals surface area (Å²) < 4.78 is 6.27. The van der Waals surface area contributed by atoms with Gasteiger partial charge < -0.3 is 46.6 Å². The number of hydrogen-bond acceptors (Lipinski definition) is 10. The molecule has 9 N–H and O–H groups in total. The summed E-state index contributed by atoms with van der Waals surface area (Å²) in [6.07, 6.45) is 12.6. The zero-order valence-corrected chi connectivity index (χ0v) is 31.7. The lowest BCUT2D eigenvalue weighted by atomic mass is 9.41. The fourth-order valence-electron chi connectivity index (χ4n) is 12.3. The minimum Gasteiger partial charge on any atom is -0.390 e. The van der Waals surface area contributed by atoms with Gasteiger partial charge in [0.25, 0.3) is 0 Å². The standard InChI is InChI=1S/C41H67N3O7/c1-6-7-8-9-10-26-23-51-36(24(26)2)37(48)39(4,49)33-14-16-41(50)29-18-30(45)28-17-31(46)32(47)20-40(28,15-13-25-11-12-34(42)44-21-25)35(29)27(22-43-5)19-38(33,41)3/h11-12,18,21,24,26-28,31-37,43-44,46-50H,6-10,13-17,19-20,22-23,42H2,1-5H3. The number of carbonyl (C=O) groups is 1. The Morgan fingerprint density at radius 3 is 2.63 bits per heavy atom. The lowest BCUT2D eigenvalue weighted by Crippen LogP contribution is -2.66. The molecule has 10 nitrogen and oxygen atoms in total. The van der Waals surface area contributed by atoms with Gasteiger partial charge in [-0.2, -0.15) is 0 Å². The molecule has 4 fully saturated rings. The zero-order valence-electron chi connectivity index (χ0n) is 31.7. The Morgan fingerprint density at radius 1 is 1.18 bits per heavy atom. The first-order chi connectivity index (χ1) is 24.1. The van der Waals surface area contributed by atoms with Crippen LogP contribution >= 0.6 is 0 Å². The van der Waals surface area contributed by atoms with Crippen molar-refractivity contribution < 1.29 is 35.1 Å². The lowest BCUT2D eigenvalue weighted by Gasteiger charge is -2.64. The largest absolute Gasteiger partial charge is 0.390 e. The molecule has 2 heterocycles. The predicted molar refractivity (Wildman–Crippen MR) is 197 cm³/mol. The van der Waals surface area contributed by atoms with Crippen LogP contribution in [0.3, 0.4) is 0 Å². The number of ether oxygens (including phenoxy) is 1. The van der Waals surface area contributed by atoms with Gasteiger partial charge in [-0.1, -0.05) is 52.5 Å². The van der Waals surface area contributed by atoms with E-state index in [1.165, 1.54) is 19.3 Å². The Bertz CT molecular complexity index is 1370. The molecule has 0 aromatic rings. The number of allylic oxidation sites excluding steroid dienone is 3. The quantitative estimate of drug-likeness (QED) is 0.132. The molecule has 6 rings (SSSR count). The number of carbonyl (C=O) groups excluding carboxylic acids is 1. The van der Waals surface area contributed by atoms with Gasteiger partial charge in [0.05, 0.1) is 42.3 Å². The Labute approximate surface area is 305 Å². The van der Waals surface area contributed by atoms with Crippen molar-refractivity contribution in [1.29, 1.82) is 0 Å². The summed E-state index contributed by atoms with van der Waals surface area (Å²) in [7, 11) is 1.92. The van der Waals surface area contributed by atoms with E-state index >= 15 is 0 Å². The van der Waals surface area contributed by atoms with Crippen molar-refractivity contribution in [3.05, 3.63) is 35.6 Å². The van der Waals surface area contributed by atoms with Crippen LogP contribution in [0.2, 0.25) is 0 Å². The highest BCUT2D eigenvalue weighted by Gasteiger charge is 2.72. The summed E-state index contributed by atoms with van der Waals surface area (Å²) in [5, 5.41) is 66.4.